The van der Waals surface area contributed by atoms with Crippen LogP contribution >= 0.6 is 0 Å². The average molecular weight is 264 g/mol. The van der Waals surface area contributed by atoms with E-state index >= 15 is 0 Å². The molecule has 19 heavy (non-hydrogen) atoms. The molecule has 0 radical (unpaired) electrons. The summed E-state index contributed by atoms with van der Waals surface area (Å²) in [5, 5.41) is 14.2. The number of nitro benzene ring substituents is 1. The third-order valence-electron chi connectivity index (χ3n) is 3.69. The smallest absolute Gasteiger partial charge is 0.271 e. The molecule has 104 valence electrons. The van der Waals surface area contributed by atoms with Crippen LogP contribution in [0.4, 0.5) is 11.4 Å². The molecule has 1 aliphatic rings. The number of nitro groups is 1. The van der Waals surface area contributed by atoms with Crippen molar-refractivity contribution < 1.29 is 9.66 Å². The Morgan fingerprint density at radius 3 is 2.84 bits per heavy atom. The topological polar surface area (TPSA) is 64.4 Å². The zero-order valence-electron chi connectivity index (χ0n) is 11.4. The van der Waals surface area contributed by atoms with Gasteiger partial charge in [-0.05, 0) is 24.8 Å². The van der Waals surface area contributed by atoms with Gasteiger partial charge in [0.25, 0.3) is 5.69 Å². The molecule has 1 aromatic rings. The van der Waals surface area contributed by atoms with Crippen LogP contribution in [0.5, 0.6) is 5.75 Å². The molecule has 0 spiro atoms. The zero-order valence-corrected chi connectivity index (χ0v) is 11.4. The summed E-state index contributed by atoms with van der Waals surface area (Å²) in [5.74, 6) is 1.36. The minimum atomic E-state index is -0.381. The fourth-order valence-corrected chi connectivity index (χ4v) is 2.71. The first-order chi connectivity index (χ1) is 9.10. The minimum Gasteiger partial charge on any atom is -0.495 e. The van der Waals surface area contributed by atoms with Gasteiger partial charge in [0.15, 0.2) is 0 Å². The molecule has 5 heteroatoms. The molecule has 0 aliphatic heterocycles. The molecule has 0 unspecified atom stereocenters. The maximum atomic E-state index is 10.8. The Morgan fingerprint density at radius 2 is 2.21 bits per heavy atom. The molecule has 2 atom stereocenters. The summed E-state index contributed by atoms with van der Waals surface area (Å²) in [6.07, 6.45) is 4.68. The lowest BCUT2D eigenvalue weighted by Crippen LogP contribution is -2.26. The number of non-ortho nitro benzene ring substituents is 1. The molecule has 1 N–H and O–H groups in total. The Balaban J connectivity index is 2.17. The lowest BCUT2D eigenvalue weighted by Gasteiger charge is -2.28. The van der Waals surface area contributed by atoms with Gasteiger partial charge in [-0.15, -0.1) is 0 Å². The Kier molecular flexibility index (Phi) is 4.24. The highest BCUT2D eigenvalue weighted by Crippen LogP contribution is 2.32. The van der Waals surface area contributed by atoms with Crippen molar-refractivity contribution in [3.63, 3.8) is 0 Å². The maximum Gasteiger partial charge on any atom is 0.271 e. The van der Waals surface area contributed by atoms with Crippen LogP contribution in [0.2, 0.25) is 0 Å². The predicted octanol–water partition coefficient (Wildman–Crippen LogP) is 3.59. The monoisotopic (exact) mass is 264 g/mol. The van der Waals surface area contributed by atoms with Gasteiger partial charge in [-0.1, -0.05) is 19.8 Å². The average Bonchev–Trinajstić information content (AvgIpc) is 2.38. The third-order valence-corrected chi connectivity index (χ3v) is 3.69. The normalized spacial score (nSPS) is 22.8. The summed E-state index contributed by atoms with van der Waals surface area (Å²) >= 11 is 0. The molecule has 0 amide bonds. The third kappa shape index (κ3) is 3.36. The highest BCUT2D eigenvalue weighted by Gasteiger charge is 2.20. The number of methoxy groups -OCH3 is 1. The number of hydrogen-bond donors (Lipinski definition) is 1. The van der Waals surface area contributed by atoms with E-state index in [-0.39, 0.29) is 10.6 Å². The van der Waals surface area contributed by atoms with Crippen LogP contribution in [-0.2, 0) is 0 Å². The van der Waals surface area contributed by atoms with Gasteiger partial charge in [-0.2, -0.15) is 0 Å². The van der Waals surface area contributed by atoms with Crippen molar-refractivity contribution in [2.45, 2.75) is 38.6 Å². The SMILES string of the molecule is COc1ccc([N+](=O)[O-])cc1N[C@@H]1CCC[C@H](C)C1. The number of hydrogen-bond acceptors (Lipinski definition) is 4. The van der Waals surface area contributed by atoms with Crippen LogP contribution in [0.1, 0.15) is 32.6 Å². The van der Waals surface area contributed by atoms with Crippen molar-refractivity contribution in [3.05, 3.63) is 28.3 Å². The Morgan fingerprint density at radius 1 is 1.42 bits per heavy atom. The van der Waals surface area contributed by atoms with Crippen LogP contribution in [0.15, 0.2) is 18.2 Å². The second-order valence-electron chi connectivity index (χ2n) is 5.25. The minimum absolute atomic E-state index is 0.0900. The summed E-state index contributed by atoms with van der Waals surface area (Å²) in [5.41, 5.74) is 0.808. The van der Waals surface area contributed by atoms with E-state index in [2.05, 4.69) is 12.2 Å². The molecule has 1 fully saturated rings. The van der Waals surface area contributed by atoms with Gasteiger partial charge in [-0.3, -0.25) is 10.1 Å². The molecular weight excluding hydrogens is 244 g/mol. The van der Waals surface area contributed by atoms with Crippen LogP contribution in [0, 0.1) is 16.0 Å². The lowest BCUT2D eigenvalue weighted by molar-refractivity contribution is -0.384. The molecule has 0 saturated heterocycles. The number of ether oxygens (including phenoxy) is 1. The summed E-state index contributed by atoms with van der Waals surface area (Å²) in [6.45, 7) is 2.25. The second-order valence-corrected chi connectivity index (χ2v) is 5.25. The fraction of sp³-hybridized carbons (Fsp3) is 0.571. The van der Waals surface area contributed by atoms with Gasteiger partial charge in [-0.25, -0.2) is 0 Å². The zero-order chi connectivity index (χ0) is 13.8. The van der Waals surface area contributed by atoms with Crippen LogP contribution in [0.25, 0.3) is 0 Å². The number of nitrogens with one attached hydrogen (secondary N) is 1. The first kappa shape index (κ1) is 13.6. The van der Waals surface area contributed by atoms with E-state index in [1.807, 2.05) is 0 Å². The van der Waals surface area contributed by atoms with Gasteiger partial charge < -0.3 is 10.1 Å². The Labute approximate surface area is 113 Å². The quantitative estimate of drug-likeness (QED) is 0.666. The lowest BCUT2D eigenvalue weighted by atomic mass is 9.87. The van der Waals surface area contributed by atoms with Crippen molar-refractivity contribution in [2.24, 2.45) is 5.92 Å². The molecule has 0 aromatic heterocycles. The highest BCUT2D eigenvalue weighted by molar-refractivity contribution is 5.62. The van der Waals surface area contributed by atoms with Gasteiger partial charge in [0, 0.05) is 18.2 Å². The fourth-order valence-electron chi connectivity index (χ4n) is 2.71. The number of anilines is 1. The van der Waals surface area contributed by atoms with Gasteiger partial charge >= 0.3 is 0 Å². The van der Waals surface area contributed by atoms with E-state index in [9.17, 15) is 10.1 Å². The Hall–Kier alpha value is -1.78. The van der Waals surface area contributed by atoms with E-state index in [0.29, 0.717) is 17.7 Å². The van der Waals surface area contributed by atoms with Crippen molar-refractivity contribution >= 4 is 11.4 Å². The molecule has 5 nitrogen and oxygen atoms in total. The maximum absolute atomic E-state index is 10.8. The number of rotatable bonds is 4. The van der Waals surface area contributed by atoms with Gasteiger partial charge in [0.1, 0.15) is 5.75 Å². The summed E-state index contributed by atoms with van der Waals surface area (Å²) in [7, 11) is 1.58. The molecule has 2 rings (SSSR count). The molecular formula is C14H20N2O3. The summed E-state index contributed by atoms with van der Waals surface area (Å²) < 4.78 is 5.26. The predicted molar refractivity (Wildman–Crippen MR) is 74.7 cm³/mol. The van der Waals surface area contributed by atoms with Crippen LogP contribution < -0.4 is 10.1 Å². The van der Waals surface area contributed by atoms with Crippen LogP contribution in [-0.4, -0.2) is 18.1 Å². The van der Waals surface area contributed by atoms with E-state index < -0.39 is 0 Å². The first-order valence-electron chi connectivity index (χ1n) is 6.69. The van der Waals surface area contributed by atoms with Crippen LogP contribution in [0.3, 0.4) is 0 Å². The van der Waals surface area contributed by atoms with Crippen molar-refractivity contribution in [1.82, 2.24) is 0 Å². The molecule has 1 aliphatic carbocycles. The number of benzene rings is 1. The van der Waals surface area contributed by atoms with Crippen molar-refractivity contribution in [2.75, 3.05) is 12.4 Å². The standard InChI is InChI=1S/C14H20N2O3/c1-10-4-3-5-11(8-10)15-13-9-12(16(17)18)6-7-14(13)19-2/h6-7,9-11,15H,3-5,8H2,1-2H3/t10-,11+/m0/s1. The molecule has 1 aromatic carbocycles. The Bertz CT molecular complexity index is 462. The van der Waals surface area contributed by atoms with E-state index in [0.717, 1.165) is 18.5 Å². The van der Waals surface area contributed by atoms with Gasteiger partial charge in [0.2, 0.25) is 0 Å². The van der Waals surface area contributed by atoms with E-state index in [1.165, 1.54) is 18.9 Å². The largest absolute Gasteiger partial charge is 0.495 e. The highest BCUT2D eigenvalue weighted by atomic mass is 16.6. The van der Waals surface area contributed by atoms with E-state index in [1.54, 1.807) is 19.2 Å². The molecule has 1 saturated carbocycles. The first-order valence-corrected chi connectivity index (χ1v) is 6.69. The number of nitrogens with zero attached hydrogens (tertiary/aromatic N) is 1. The molecule has 0 bridgehead atoms. The molecule has 0 heterocycles. The summed E-state index contributed by atoms with van der Waals surface area (Å²) in [6, 6.07) is 5.04. The summed E-state index contributed by atoms with van der Waals surface area (Å²) in [4.78, 5) is 10.5. The van der Waals surface area contributed by atoms with Crippen molar-refractivity contribution in [1.29, 1.82) is 0 Å². The van der Waals surface area contributed by atoms with E-state index in [4.69, 9.17) is 4.74 Å². The van der Waals surface area contributed by atoms with Gasteiger partial charge in [0.05, 0.1) is 17.7 Å². The van der Waals surface area contributed by atoms with Crippen molar-refractivity contribution in [3.8, 4) is 5.75 Å². The second kappa shape index (κ2) is 5.91.